The largest absolute Gasteiger partial charge is 0.494 e. The predicted molar refractivity (Wildman–Crippen MR) is 128 cm³/mol. The molecular weight excluding hydrogens is 481 g/mol. The van der Waals surface area contributed by atoms with E-state index >= 15 is 0 Å². The van der Waals surface area contributed by atoms with Crippen molar-refractivity contribution in [2.24, 2.45) is 4.99 Å². The van der Waals surface area contributed by atoms with E-state index in [4.69, 9.17) is 9.15 Å². The number of carbonyl (C=O) groups excluding carboxylic acids is 3. The van der Waals surface area contributed by atoms with Gasteiger partial charge in [0, 0.05) is 30.1 Å². The minimum atomic E-state index is -1.70. The van der Waals surface area contributed by atoms with Crippen molar-refractivity contribution in [1.29, 1.82) is 0 Å². The molecule has 186 valence electrons. The summed E-state index contributed by atoms with van der Waals surface area (Å²) in [6.45, 7) is 0.0651. The van der Waals surface area contributed by atoms with Gasteiger partial charge in [0.1, 0.15) is 11.5 Å². The lowest BCUT2D eigenvalue weighted by Crippen LogP contribution is -2.52. The van der Waals surface area contributed by atoms with Crippen LogP contribution in [0.25, 0.3) is 6.08 Å². The van der Waals surface area contributed by atoms with Gasteiger partial charge in [-0.25, -0.2) is 9.18 Å². The highest BCUT2D eigenvalue weighted by Gasteiger charge is 2.53. The molecule has 1 saturated heterocycles. The molecule has 5 heterocycles. The molecule has 2 aromatic heterocycles. The van der Waals surface area contributed by atoms with E-state index < -0.39 is 29.2 Å². The number of benzene rings is 1. The summed E-state index contributed by atoms with van der Waals surface area (Å²) in [6, 6.07) is 7.68. The van der Waals surface area contributed by atoms with E-state index in [2.05, 4.69) is 20.6 Å². The highest BCUT2D eigenvalue weighted by molar-refractivity contribution is 6.11. The van der Waals surface area contributed by atoms with Crippen LogP contribution in [0.2, 0.25) is 0 Å². The number of fused-ring (bicyclic) bond motifs is 2. The molecule has 2 N–H and O–H groups in total. The molecule has 0 saturated carbocycles. The zero-order valence-corrected chi connectivity index (χ0v) is 19.6. The highest BCUT2D eigenvalue weighted by Crippen LogP contribution is 2.36. The quantitative estimate of drug-likeness (QED) is 0.518. The lowest BCUT2D eigenvalue weighted by molar-refractivity contribution is -0.125. The summed E-state index contributed by atoms with van der Waals surface area (Å²) in [5.74, 6) is -1.48. The van der Waals surface area contributed by atoms with Crippen molar-refractivity contribution in [3.63, 3.8) is 0 Å². The van der Waals surface area contributed by atoms with Crippen LogP contribution in [-0.4, -0.2) is 47.1 Å². The maximum absolute atomic E-state index is 14.9. The van der Waals surface area contributed by atoms with Crippen LogP contribution in [0.3, 0.4) is 0 Å². The number of aliphatic imine (C=N–C) groups is 1. The lowest BCUT2D eigenvalue weighted by Gasteiger charge is -2.29. The fourth-order valence-electron chi connectivity index (χ4n) is 4.83. The number of methoxy groups -OCH3 is 1. The molecule has 6 rings (SSSR count). The first-order chi connectivity index (χ1) is 17.9. The van der Waals surface area contributed by atoms with E-state index in [0.29, 0.717) is 16.9 Å². The van der Waals surface area contributed by atoms with Gasteiger partial charge >= 0.3 is 6.03 Å². The number of halogens is 1. The number of rotatable bonds is 5. The summed E-state index contributed by atoms with van der Waals surface area (Å²) in [5, 5.41) is 4.87. The van der Waals surface area contributed by atoms with E-state index in [-0.39, 0.29) is 36.7 Å². The number of hydrogen-bond acceptors (Lipinski definition) is 7. The topological polar surface area (TPSA) is 126 Å². The number of hydrogen-bond donors (Lipinski definition) is 2. The SMILES string of the molecule is COc1ccc2c(c1F)C(=O)N(C[C@@]1(c3cc4c(o3)C=CC(c3ccncc3)=NC4)NC(=O)NC1=O)C2. The van der Waals surface area contributed by atoms with Gasteiger partial charge in [0.15, 0.2) is 17.1 Å². The van der Waals surface area contributed by atoms with Crippen molar-refractivity contribution in [3.05, 3.63) is 88.4 Å². The van der Waals surface area contributed by atoms with E-state index in [9.17, 15) is 18.8 Å². The first-order valence-corrected chi connectivity index (χ1v) is 11.4. The van der Waals surface area contributed by atoms with Crippen LogP contribution in [-0.2, 0) is 23.4 Å². The van der Waals surface area contributed by atoms with Gasteiger partial charge in [-0.05, 0) is 42.0 Å². The Morgan fingerprint density at radius 1 is 1.14 bits per heavy atom. The lowest BCUT2D eigenvalue weighted by atomic mass is 9.95. The van der Waals surface area contributed by atoms with Crippen LogP contribution in [0.15, 0.2) is 58.2 Å². The number of carbonyl (C=O) groups is 3. The predicted octanol–water partition coefficient (Wildman–Crippen LogP) is 2.53. The molecule has 1 atom stereocenters. The van der Waals surface area contributed by atoms with Gasteiger partial charge in [0.2, 0.25) is 0 Å². The number of pyridine rings is 1. The second-order valence-electron chi connectivity index (χ2n) is 8.86. The van der Waals surface area contributed by atoms with E-state index in [1.807, 2.05) is 12.1 Å². The molecule has 3 aliphatic heterocycles. The van der Waals surface area contributed by atoms with Crippen LogP contribution in [0.4, 0.5) is 9.18 Å². The molecule has 0 spiro atoms. The Bertz CT molecular complexity index is 1530. The average Bonchev–Trinajstić information content (AvgIpc) is 3.49. The number of ether oxygens (including phenoxy) is 1. The summed E-state index contributed by atoms with van der Waals surface area (Å²) in [5.41, 5.74) is 0.985. The van der Waals surface area contributed by atoms with Crippen molar-refractivity contribution in [1.82, 2.24) is 20.5 Å². The zero-order valence-electron chi connectivity index (χ0n) is 19.6. The third-order valence-electron chi connectivity index (χ3n) is 6.70. The Balaban J connectivity index is 1.33. The molecule has 1 fully saturated rings. The number of furan rings is 1. The van der Waals surface area contributed by atoms with Crippen molar-refractivity contribution in [2.45, 2.75) is 18.6 Å². The maximum atomic E-state index is 14.9. The number of nitrogens with one attached hydrogen (secondary N) is 2. The first kappa shape index (κ1) is 22.7. The molecule has 4 amide bonds. The Morgan fingerprint density at radius 3 is 2.68 bits per heavy atom. The number of allylic oxidation sites excluding steroid dienone is 1. The molecule has 10 nitrogen and oxygen atoms in total. The monoisotopic (exact) mass is 501 g/mol. The summed E-state index contributed by atoms with van der Waals surface area (Å²) in [4.78, 5) is 48.5. The van der Waals surface area contributed by atoms with E-state index in [1.165, 1.54) is 18.1 Å². The number of imide groups is 1. The van der Waals surface area contributed by atoms with E-state index in [0.717, 1.165) is 11.3 Å². The highest BCUT2D eigenvalue weighted by atomic mass is 19.1. The zero-order chi connectivity index (χ0) is 25.7. The number of nitrogens with zero attached hydrogens (tertiary/aromatic N) is 3. The van der Waals surface area contributed by atoms with Crippen LogP contribution < -0.4 is 15.4 Å². The molecule has 3 aromatic rings. The van der Waals surface area contributed by atoms with E-state index in [1.54, 1.807) is 36.7 Å². The maximum Gasteiger partial charge on any atom is 0.322 e. The molecule has 3 aliphatic rings. The molecule has 0 unspecified atom stereocenters. The van der Waals surface area contributed by atoms with Gasteiger partial charge in [-0.1, -0.05) is 6.07 Å². The minimum absolute atomic E-state index is 0.0520. The molecule has 0 radical (unpaired) electrons. The fraction of sp³-hybridized carbons (Fsp3) is 0.192. The van der Waals surface area contributed by atoms with Crippen LogP contribution in [0.1, 0.15) is 38.6 Å². The van der Waals surface area contributed by atoms with Crippen LogP contribution >= 0.6 is 0 Å². The van der Waals surface area contributed by atoms with Gasteiger partial charge in [0.25, 0.3) is 11.8 Å². The summed E-state index contributed by atoms with van der Waals surface area (Å²) < 4.78 is 25.9. The van der Waals surface area contributed by atoms with Gasteiger partial charge in [-0.15, -0.1) is 0 Å². The Labute approximate surface area is 209 Å². The second-order valence-corrected chi connectivity index (χ2v) is 8.86. The molecular formula is C26H20FN5O5. The third-order valence-corrected chi connectivity index (χ3v) is 6.70. The molecule has 37 heavy (non-hydrogen) atoms. The number of aromatic nitrogens is 1. The smallest absolute Gasteiger partial charge is 0.322 e. The van der Waals surface area contributed by atoms with Crippen molar-refractivity contribution in [3.8, 4) is 5.75 Å². The normalized spacial score (nSPS) is 20.2. The molecule has 0 bridgehead atoms. The molecule has 1 aromatic carbocycles. The summed E-state index contributed by atoms with van der Waals surface area (Å²) in [7, 11) is 1.31. The molecule has 11 heteroatoms. The van der Waals surface area contributed by atoms with Crippen LogP contribution in [0, 0.1) is 5.82 Å². The molecule has 0 aliphatic carbocycles. The van der Waals surface area contributed by atoms with Crippen molar-refractivity contribution >= 4 is 29.6 Å². The third kappa shape index (κ3) is 3.58. The second kappa shape index (κ2) is 8.40. The van der Waals surface area contributed by atoms with Crippen molar-refractivity contribution in [2.75, 3.05) is 13.7 Å². The fourth-order valence-corrected chi connectivity index (χ4v) is 4.83. The Morgan fingerprint density at radius 2 is 1.95 bits per heavy atom. The standard InChI is InChI=1S/C26H20FN5O5/c1-36-19-4-2-15-12-32(23(33)21(15)22(19)27)13-26(24(34)30-25(35)31-26)20-10-16-11-29-17(3-5-18(16)37-20)14-6-8-28-9-7-14/h2-10H,11-13H2,1H3,(H2,30,31,34,35)/t26-/m0/s1. The van der Waals surface area contributed by atoms with Gasteiger partial charge < -0.3 is 19.4 Å². The number of urea groups is 1. The first-order valence-electron chi connectivity index (χ1n) is 11.4. The Kier molecular flexibility index (Phi) is 5.14. The number of amides is 4. The van der Waals surface area contributed by atoms with Gasteiger partial charge in [0.05, 0.1) is 31.5 Å². The average molecular weight is 501 g/mol. The minimum Gasteiger partial charge on any atom is -0.494 e. The summed E-state index contributed by atoms with van der Waals surface area (Å²) >= 11 is 0. The van der Waals surface area contributed by atoms with Gasteiger partial charge in [-0.2, -0.15) is 0 Å². The van der Waals surface area contributed by atoms with Crippen molar-refractivity contribution < 1.29 is 27.9 Å². The van der Waals surface area contributed by atoms with Gasteiger partial charge in [-0.3, -0.25) is 24.9 Å². The van der Waals surface area contributed by atoms with Crippen LogP contribution in [0.5, 0.6) is 5.75 Å². The Hall–Kier alpha value is -4.80. The summed E-state index contributed by atoms with van der Waals surface area (Å²) in [6.07, 6.45) is 6.89.